The van der Waals surface area contributed by atoms with E-state index in [4.69, 9.17) is 10.1 Å². The summed E-state index contributed by atoms with van der Waals surface area (Å²) in [4.78, 5) is 4.87. The van der Waals surface area contributed by atoms with E-state index in [-0.39, 0.29) is 17.8 Å². The van der Waals surface area contributed by atoms with Gasteiger partial charge >= 0.3 is 0 Å². The number of anilines is 1. The van der Waals surface area contributed by atoms with Crippen LogP contribution in [0, 0.1) is 11.7 Å². The molecule has 2 aromatic rings. The smallest absolute Gasteiger partial charge is 0.158 e. The SMILES string of the molecule is CC1=CC(=Nc2ccccc2)C(C)C(C)=C1C(=NN1CCCC(O)C1)Nc1ccc(F)cc1. The second kappa shape index (κ2) is 10.1. The number of aliphatic hydroxyl groups is 1. The van der Waals surface area contributed by atoms with Crippen LogP contribution in [0.2, 0.25) is 0 Å². The second-order valence-electron chi connectivity index (χ2n) is 8.77. The number of para-hydroxylation sites is 1. The molecule has 6 heteroatoms. The minimum atomic E-state index is -0.379. The number of amidine groups is 1. The molecule has 1 aliphatic carbocycles. The molecule has 0 spiro atoms. The Bertz CT molecular complexity index is 1100. The molecule has 5 nitrogen and oxygen atoms in total. The first kappa shape index (κ1) is 22.9. The van der Waals surface area contributed by atoms with Crippen molar-refractivity contribution < 1.29 is 9.50 Å². The number of piperidine rings is 1. The summed E-state index contributed by atoms with van der Waals surface area (Å²) in [6.07, 6.45) is 3.43. The van der Waals surface area contributed by atoms with Gasteiger partial charge in [-0.3, -0.25) is 10.0 Å². The molecule has 0 aromatic heterocycles. The molecule has 1 saturated heterocycles. The number of aliphatic hydroxyl groups excluding tert-OH is 1. The number of hydrogen-bond acceptors (Lipinski definition) is 4. The van der Waals surface area contributed by atoms with Crippen LogP contribution < -0.4 is 5.32 Å². The quantitative estimate of drug-likeness (QED) is 0.468. The van der Waals surface area contributed by atoms with E-state index in [1.807, 2.05) is 35.3 Å². The predicted molar refractivity (Wildman–Crippen MR) is 133 cm³/mol. The number of nitrogens with one attached hydrogen (secondary N) is 1. The van der Waals surface area contributed by atoms with Crippen LogP contribution in [0.5, 0.6) is 0 Å². The molecule has 2 atom stereocenters. The van der Waals surface area contributed by atoms with E-state index in [0.717, 1.165) is 53.2 Å². The lowest BCUT2D eigenvalue weighted by atomic mass is 9.83. The van der Waals surface area contributed by atoms with Gasteiger partial charge in [0.25, 0.3) is 0 Å². The molecular formula is C27H31FN4O. The van der Waals surface area contributed by atoms with Gasteiger partial charge in [-0.1, -0.05) is 30.7 Å². The monoisotopic (exact) mass is 446 g/mol. The van der Waals surface area contributed by atoms with Crippen LogP contribution in [0.1, 0.15) is 33.6 Å². The van der Waals surface area contributed by atoms with E-state index in [1.54, 1.807) is 12.1 Å². The topological polar surface area (TPSA) is 60.2 Å². The number of rotatable bonds is 4. The minimum Gasteiger partial charge on any atom is -0.391 e. The first-order valence-corrected chi connectivity index (χ1v) is 11.5. The van der Waals surface area contributed by atoms with Gasteiger partial charge in [0.05, 0.1) is 18.3 Å². The highest BCUT2D eigenvalue weighted by molar-refractivity contribution is 6.15. The van der Waals surface area contributed by atoms with E-state index < -0.39 is 0 Å². The molecule has 0 radical (unpaired) electrons. The number of aliphatic imine (C=N–C) groups is 1. The summed E-state index contributed by atoms with van der Waals surface area (Å²) >= 11 is 0. The Balaban J connectivity index is 1.71. The van der Waals surface area contributed by atoms with Crippen LogP contribution in [0.4, 0.5) is 15.8 Å². The molecule has 1 aliphatic heterocycles. The van der Waals surface area contributed by atoms with Crippen LogP contribution in [0.15, 0.2) is 87.5 Å². The molecule has 2 aromatic carbocycles. The molecule has 1 fully saturated rings. The van der Waals surface area contributed by atoms with Gasteiger partial charge in [0.2, 0.25) is 0 Å². The molecule has 4 rings (SSSR count). The van der Waals surface area contributed by atoms with Crippen molar-refractivity contribution in [3.8, 4) is 0 Å². The van der Waals surface area contributed by atoms with E-state index in [1.165, 1.54) is 12.1 Å². The fourth-order valence-electron chi connectivity index (χ4n) is 4.30. The van der Waals surface area contributed by atoms with E-state index >= 15 is 0 Å². The molecule has 2 aliphatic rings. The van der Waals surface area contributed by atoms with Crippen LogP contribution in [-0.2, 0) is 0 Å². The highest BCUT2D eigenvalue weighted by atomic mass is 19.1. The molecule has 0 amide bonds. The maximum atomic E-state index is 13.5. The lowest BCUT2D eigenvalue weighted by Gasteiger charge is -2.31. The number of hydrogen-bond donors (Lipinski definition) is 2. The molecular weight excluding hydrogens is 415 g/mol. The van der Waals surface area contributed by atoms with Gasteiger partial charge in [-0.25, -0.2) is 4.39 Å². The molecule has 33 heavy (non-hydrogen) atoms. The summed E-state index contributed by atoms with van der Waals surface area (Å²) in [5, 5.41) is 20.4. The Morgan fingerprint density at radius 3 is 2.52 bits per heavy atom. The highest BCUT2D eigenvalue weighted by Gasteiger charge is 2.26. The number of nitrogens with zero attached hydrogens (tertiary/aromatic N) is 3. The number of halogens is 1. The van der Waals surface area contributed by atoms with Crippen molar-refractivity contribution in [2.75, 3.05) is 18.4 Å². The number of allylic oxidation sites excluding steroid dienone is 2. The summed E-state index contributed by atoms with van der Waals surface area (Å²) in [5.74, 6) is 0.529. The van der Waals surface area contributed by atoms with Crippen molar-refractivity contribution in [2.24, 2.45) is 16.0 Å². The Morgan fingerprint density at radius 2 is 1.82 bits per heavy atom. The highest BCUT2D eigenvalue weighted by Crippen LogP contribution is 2.31. The van der Waals surface area contributed by atoms with Gasteiger partial charge in [-0.15, -0.1) is 0 Å². The van der Waals surface area contributed by atoms with Gasteiger partial charge in [0, 0.05) is 29.4 Å². The van der Waals surface area contributed by atoms with Crippen molar-refractivity contribution in [3.63, 3.8) is 0 Å². The zero-order chi connectivity index (χ0) is 23.4. The normalized spacial score (nSPS) is 23.1. The first-order valence-electron chi connectivity index (χ1n) is 11.5. The summed E-state index contributed by atoms with van der Waals surface area (Å²) < 4.78 is 13.5. The zero-order valence-electron chi connectivity index (χ0n) is 19.4. The van der Waals surface area contributed by atoms with Crippen molar-refractivity contribution in [1.29, 1.82) is 0 Å². The van der Waals surface area contributed by atoms with Gasteiger partial charge in [-0.05, 0) is 74.7 Å². The van der Waals surface area contributed by atoms with Crippen molar-refractivity contribution in [2.45, 2.75) is 39.7 Å². The van der Waals surface area contributed by atoms with Crippen LogP contribution >= 0.6 is 0 Å². The maximum Gasteiger partial charge on any atom is 0.158 e. The largest absolute Gasteiger partial charge is 0.391 e. The van der Waals surface area contributed by atoms with Crippen molar-refractivity contribution >= 4 is 22.9 Å². The van der Waals surface area contributed by atoms with Gasteiger partial charge in [0.15, 0.2) is 5.84 Å². The zero-order valence-corrected chi connectivity index (χ0v) is 19.4. The van der Waals surface area contributed by atoms with Crippen molar-refractivity contribution in [1.82, 2.24) is 5.01 Å². The lowest BCUT2D eigenvalue weighted by Crippen LogP contribution is -2.37. The summed E-state index contributed by atoms with van der Waals surface area (Å²) in [5.41, 5.74) is 5.95. The third kappa shape index (κ3) is 5.57. The average molecular weight is 447 g/mol. The van der Waals surface area contributed by atoms with Gasteiger partial charge in [0.1, 0.15) is 5.82 Å². The Kier molecular flexibility index (Phi) is 7.04. The third-order valence-electron chi connectivity index (χ3n) is 6.22. The summed E-state index contributed by atoms with van der Waals surface area (Å²) in [7, 11) is 0. The van der Waals surface area contributed by atoms with Crippen LogP contribution in [-0.4, -0.2) is 40.9 Å². The summed E-state index contributed by atoms with van der Waals surface area (Å²) in [6, 6.07) is 16.2. The number of hydrazone groups is 1. The van der Waals surface area contributed by atoms with E-state index in [2.05, 4.69) is 32.2 Å². The Hall–Kier alpha value is -3.25. The standard InChI is InChI=1S/C27H31FN4O/c1-18-16-25(29-22-8-5-4-6-9-22)19(2)20(3)26(18)27(30-23-13-11-21(28)12-14-23)31-32-15-7-10-24(33)17-32/h4-6,8-9,11-14,16,19,24,33H,7,10,15,17H2,1-3H3,(H,30,31). The molecule has 0 saturated carbocycles. The Labute approximate surface area is 195 Å². The van der Waals surface area contributed by atoms with Crippen LogP contribution in [0.25, 0.3) is 0 Å². The van der Waals surface area contributed by atoms with Gasteiger partial charge in [-0.2, -0.15) is 5.10 Å². The fraction of sp³-hybridized carbons (Fsp3) is 0.333. The summed E-state index contributed by atoms with van der Waals surface area (Å²) in [6.45, 7) is 7.62. The first-order chi connectivity index (χ1) is 15.9. The van der Waals surface area contributed by atoms with Gasteiger partial charge < -0.3 is 10.4 Å². The number of β-amino-alcohol motifs (C(OH)–C–C–N with tert-alkyl or cyclic N) is 1. The molecule has 172 valence electrons. The van der Waals surface area contributed by atoms with Crippen molar-refractivity contribution in [3.05, 3.63) is 83.2 Å². The van der Waals surface area contributed by atoms with E-state index in [0.29, 0.717) is 12.4 Å². The lowest BCUT2D eigenvalue weighted by molar-refractivity contribution is 0.0727. The number of benzene rings is 2. The Morgan fingerprint density at radius 1 is 1.09 bits per heavy atom. The predicted octanol–water partition coefficient (Wildman–Crippen LogP) is 5.69. The fourth-order valence-corrected chi connectivity index (χ4v) is 4.30. The maximum absolute atomic E-state index is 13.5. The molecule has 2 unspecified atom stereocenters. The minimum absolute atomic E-state index is 0.107. The molecule has 1 heterocycles. The van der Waals surface area contributed by atoms with E-state index in [9.17, 15) is 9.50 Å². The average Bonchev–Trinajstić information content (AvgIpc) is 2.79. The molecule has 0 bridgehead atoms. The third-order valence-corrected chi connectivity index (χ3v) is 6.22. The molecule has 2 N–H and O–H groups in total. The second-order valence-corrected chi connectivity index (χ2v) is 8.77. The van der Waals surface area contributed by atoms with Crippen LogP contribution in [0.3, 0.4) is 0 Å².